The number of fused-ring (bicyclic) bond motifs is 1. The molecule has 0 saturated carbocycles. The summed E-state index contributed by atoms with van der Waals surface area (Å²) in [6.07, 6.45) is 0. The lowest BCUT2D eigenvalue weighted by molar-refractivity contribution is 0.297. The number of benzene rings is 3. The van der Waals surface area contributed by atoms with Gasteiger partial charge in [-0.3, -0.25) is 0 Å². The van der Waals surface area contributed by atoms with Crippen molar-refractivity contribution in [2.75, 3.05) is 5.32 Å². The van der Waals surface area contributed by atoms with E-state index in [0.717, 1.165) is 23.2 Å². The van der Waals surface area contributed by atoms with Crippen molar-refractivity contribution in [3.8, 4) is 11.8 Å². The van der Waals surface area contributed by atoms with Crippen molar-refractivity contribution in [2.24, 2.45) is 0 Å². The van der Waals surface area contributed by atoms with Crippen molar-refractivity contribution >= 4 is 16.7 Å². The highest BCUT2D eigenvalue weighted by Gasteiger charge is 2.13. The van der Waals surface area contributed by atoms with Crippen LogP contribution < -0.4 is 10.1 Å². The second-order valence-corrected chi connectivity index (χ2v) is 6.39. The molecule has 0 aliphatic carbocycles. The lowest BCUT2D eigenvalue weighted by Crippen LogP contribution is -2.10. The molecule has 0 fully saturated rings. The molecule has 29 heavy (non-hydrogen) atoms. The third-order valence-corrected chi connectivity index (χ3v) is 4.39. The molecule has 3 aromatic carbocycles. The van der Waals surface area contributed by atoms with E-state index >= 15 is 0 Å². The summed E-state index contributed by atoms with van der Waals surface area (Å²) < 4.78 is 32.6. The average Bonchev–Trinajstić information content (AvgIpc) is 3.15. The van der Waals surface area contributed by atoms with Gasteiger partial charge in [0.15, 0.2) is 0 Å². The van der Waals surface area contributed by atoms with Crippen LogP contribution in [0.4, 0.5) is 14.5 Å². The molecule has 0 spiro atoms. The summed E-state index contributed by atoms with van der Waals surface area (Å²) in [5.74, 6) is -0.110. The standard InChI is InChI=1S/C22H16F2N4O/c23-15-7-10-18(17(24)11-15)26-21(12-25)14-5-8-16(9-6-14)29-13-22-27-19-3-1-2-4-20(19)28-22/h1-11,21,26H,13H2,(H,27,28). The Morgan fingerprint density at radius 3 is 2.59 bits per heavy atom. The van der Waals surface area contributed by atoms with Crippen molar-refractivity contribution in [1.82, 2.24) is 9.97 Å². The van der Waals surface area contributed by atoms with E-state index < -0.39 is 17.7 Å². The van der Waals surface area contributed by atoms with Crippen LogP contribution >= 0.6 is 0 Å². The number of rotatable bonds is 6. The van der Waals surface area contributed by atoms with Crippen LogP contribution in [0.3, 0.4) is 0 Å². The van der Waals surface area contributed by atoms with E-state index in [1.54, 1.807) is 24.3 Å². The van der Waals surface area contributed by atoms with Crippen LogP contribution in [-0.2, 0) is 6.61 Å². The third kappa shape index (κ3) is 4.17. The number of hydrogen-bond acceptors (Lipinski definition) is 4. The molecule has 5 nitrogen and oxygen atoms in total. The SMILES string of the molecule is N#CC(Nc1ccc(F)cc1F)c1ccc(OCc2nc3ccccc3[nH]2)cc1. The summed E-state index contributed by atoms with van der Waals surface area (Å²) in [5.41, 5.74) is 2.50. The Balaban J connectivity index is 1.42. The van der Waals surface area contributed by atoms with Crippen molar-refractivity contribution in [1.29, 1.82) is 5.26 Å². The first-order valence-corrected chi connectivity index (χ1v) is 8.90. The number of anilines is 1. The number of nitrogens with one attached hydrogen (secondary N) is 2. The van der Waals surface area contributed by atoms with Crippen LogP contribution in [0.2, 0.25) is 0 Å². The van der Waals surface area contributed by atoms with Gasteiger partial charge in [0.05, 0.1) is 22.8 Å². The van der Waals surface area contributed by atoms with E-state index in [-0.39, 0.29) is 12.3 Å². The fraction of sp³-hybridized carbons (Fsp3) is 0.0909. The summed E-state index contributed by atoms with van der Waals surface area (Å²) in [5, 5.41) is 12.2. The highest BCUT2D eigenvalue weighted by Crippen LogP contribution is 2.24. The molecular weight excluding hydrogens is 374 g/mol. The maximum atomic E-state index is 13.8. The molecule has 2 N–H and O–H groups in total. The monoisotopic (exact) mass is 390 g/mol. The largest absolute Gasteiger partial charge is 0.486 e. The fourth-order valence-corrected chi connectivity index (χ4v) is 2.93. The normalized spacial score (nSPS) is 11.8. The van der Waals surface area contributed by atoms with E-state index in [1.807, 2.05) is 24.3 Å². The summed E-state index contributed by atoms with van der Waals surface area (Å²) in [6.45, 7) is 0.273. The lowest BCUT2D eigenvalue weighted by Gasteiger charge is -2.14. The Bertz CT molecular complexity index is 1150. The van der Waals surface area contributed by atoms with E-state index in [9.17, 15) is 14.0 Å². The van der Waals surface area contributed by atoms with Crippen molar-refractivity contribution in [3.05, 3.63) is 89.8 Å². The fourth-order valence-electron chi connectivity index (χ4n) is 2.93. The van der Waals surface area contributed by atoms with E-state index in [4.69, 9.17) is 4.74 Å². The van der Waals surface area contributed by atoms with Gasteiger partial charge in [0.1, 0.15) is 35.9 Å². The molecule has 0 bridgehead atoms. The summed E-state index contributed by atoms with van der Waals surface area (Å²) in [7, 11) is 0. The zero-order valence-corrected chi connectivity index (χ0v) is 15.2. The summed E-state index contributed by atoms with van der Waals surface area (Å²) >= 11 is 0. The molecule has 0 aliphatic heterocycles. The van der Waals surface area contributed by atoms with Crippen molar-refractivity contribution in [2.45, 2.75) is 12.6 Å². The summed E-state index contributed by atoms with van der Waals surface area (Å²) in [6, 6.07) is 19.1. The minimum Gasteiger partial charge on any atom is -0.486 e. The second-order valence-electron chi connectivity index (χ2n) is 6.39. The quantitative estimate of drug-likeness (QED) is 0.481. The van der Waals surface area contributed by atoms with Crippen molar-refractivity contribution < 1.29 is 13.5 Å². The number of nitriles is 1. The third-order valence-electron chi connectivity index (χ3n) is 4.39. The number of H-pyrrole nitrogens is 1. The van der Waals surface area contributed by atoms with Gasteiger partial charge in [0, 0.05) is 6.07 Å². The molecule has 1 heterocycles. The lowest BCUT2D eigenvalue weighted by atomic mass is 10.1. The minimum atomic E-state index is -0.792. The molecule has 1 aromatic heterocycles. The number of imidazole rings is 1. The Kier molecular flexibility index (Phi) is 5.08. The molecule has 0 saturated heterocycles. The van der Waals surface area contributed by atoms with E-state index in [0.29, 0.717) is 17.1 Å². The molecule has 1 unspecified atom stereocenters. The molecule has 4 aromatic rings. The van der Waals surface area contributed by atoms with Gasteiger partial charge >= 0.3 is 0 Å². The highest BCUT2D eigenvalue weighted by atomic mass is 19.1. The predicted molar refractivity (Wildman–Crippen MR) is 105 cm³/mol. The molecule has 0 aliphatic rings. The van der Waals surface area contributed by atoms with Crippen molar-refractivity contribution in [3.63, 3.8) is 0 Å². The van der Waals surface area contributed by atoms with Gasteiger partial charge in [-0.2, -0.15) is 5.26 Å². The molecular formula is C22H16F2N4O. The first-order chi connectivity index (χ1) is 14.1. The average molecular weight is 390 g/mol. The molecule has 1 atom stereocenters. The van der Waals surface area contributed by atoms with E-state index in [1.165, 1.54) is 6.07 Å². The van der Waals surface area contributed by atoms with Crippen LogP contribution in [-0.4, -0.2) is 9.97 Å². The van der Waals surface area contributed by atoms with Gasteiger partial charge in [0.2, 0.25) is 0 Å². The predicted octanol–water partition coefficient (Wildman–Crippen LogP) is 5.10. The van der Waals surface area contributed by atoms with Gasteiger partial charge in [-0.25, -0.2) is 13.8 Å². The number of hydrogen-bond donors (Lipinski definition) is 2. The maximum absolute atomic E-state index is 13.8. The molecule has 0 radical (unpaired) electrons. The minimum absolute atomic E-state index is 0.0585. The number of ether oxygens (including phenoxy) is 1. The number of para-hydroxylation sites is 2. The number of halogens is 2. The van der Waals surface area contributed by atoms with Gasteiger partial charge in [-0.15, -0.1) is 0 Å². The van der Waals surface area contributed by atoms with Gasteiger partial charge in [-0.05, 0) is 42.0 Å². The van der Waals surface area contributed by atoms with Crippen LogP contribution in [0, 0.1) is 23.0 Å². The number of nitrogens with zero attached hydrogens (tertiary/aromatic N) is 2. The smallest absolute Gasteiger partial charge is 0.149 e. The van der Waals surface area contributed by atoms with Crippen LogP contribution in [0.25, 0.3) is 11.0 Å². The van der Waals surface area contributed by atoms with Crippen LogP contribution in [0.15, 0.2) is 66.7 Å². The first-order valence-electron chi connectivity index (χ1n) is 8.90. The second kappa shape index (κ2) is 7.98. The molecule has 0 amide bonds. The zero-order valence-electron chi connectivity index (χ0n) is 15.2. The van der Waals surface area contributed by atoms with Gasteiger partial charge < -0.3 is 15.0 Å². The van der Waals surface area contributed by atoms with Gasteiger partial charge in [-0.1, -0.05) is 24.3 Å². The Morgan fingerprint density at radius 2 is 1.86 bits per heavy atom. The van der Waals surface area contributed by atoms with Crippen LogP contribution in [0.5, 0.6) is 5.75 Å². The Labute approximate surface area is 165 Å². The van der Waals surface area contributed by atoms with E-state index in [2.05, 4.69) is 21.4 Å². The number of aromatic amines is 1. The molecule has 144 valence electrons. The summed E-state index contributed by atoms with van der Waals surface area (Å²) in [4.78, 5) is 7.64. The molecule has 7 heteroatoms. The van der Waals surface area contributed by atoms with Gasteiger partial charge in [0.25, 0.3) is 0 Å². The Morgan fingerprint density at radius 1 is 1.07 bits per heavy atom. The van der Waals surface area contributed by atoms with Crippen LogP contribution in [0.1, 0.15) is 17.4 Å². The maximum Gasteiger partial charge on any atom is 0.149 e. The number of aromatic nitrogens is 2. The Hall–Kier alpha value is -3.92. The highest BCUT2D eigenvalue weighted by molar-refractivity contribution is 5.74. The topological polar surface area (TPSA) is 73.7 Å². The molecule has 4 rings (SSSR count). The first kappa shape index (κ1) is 18.4. The zero-order chi connectivity index (χ0) is 20.2.